The van der Waals surface area contributed by atoms with Crippen molar-refractivity contribution in [3.63, 3.8) is 0 Å². The summed E-state index contributed by atoms with van der Waals surface area (Å²) in [6.07, 6.45) is -4.61. The van der Waals surface area contributed by atoms with E-state index in [4.69, 9.17) is 5.11 Å². The predicted molar refractivity (Wildman–Crippen MR) is 68.0 cm³/mol. The number of hydrogen-bond donors (Lipinski definition) is 2. The van der Waals surface area contributed by atoms with Crippen molar-refractivity contribution in [2.45, 2.75) is 19.5 Å². The van der Waals surface area contributed by atoms with Gasteiger partial charge in [0.05, 0.1) is 16.4 Å². The number of carboxylic acid groups (broad SMARTS) is 1. The number of non-ortho nitro benzene ring substituents is 1. The molecule has 0 saturated carbocycles. The van der Waals surface area contributed by atoms with Crippen molar-refractivity contribution >= 4 is 17.3 Å². The van der Waals surface area contributed by atoms with Crippen LogP contribution in [0, 0.1) is 16.0 Å². The van der Waals surface area contributed by atoms with Gasteiger partial charge in [-0.15, -0.1) is 0 Å². The summed E-state index contributed by atoms with van der Waals surface area (Å²) in [6, 6.07) is 2.37. The van der Waals surface area contributed by atoms with E-state index in [-0.39, 0.29) is 18.7 Å². The highest BCUT2D eigenvalue weighted by molar-refractivity contribution is 5.69. The second-order valence-corrected chi connectivity index (χ2v) is 4.44. The number of benzene rings is 1. The minimum atomic E-state index is -4.74. The van der Waals surface area contributed by atoms with Gasteiger partial charge in [0.25, 0.3) is 5.69 Å². The Balaban J connectivity index is 2.91. The number of nitrogens with zero attached hydrogens (tertiary/aromatic N) is 1. The van der Waals surface area contributed by atoms with Crippen molar-refractivity contribution in [1.29, 1.82) is 0 Å². The summed E-state index contributed by atoms with van der Waals surface area (Å²) in [5.74, 6) is -1.75. The summed E-state index contributed by atoms with van der Waals surface area (Å²) < 4.78 is 38.5. The first-order valence-electron chi connectivity index (χ1n) is 5.95. The van der Waals surface area contributed by atoms with E-state index in [9.17, 15) is 28.1 Å². The number of hydrogen-bond acceptors (Lipinski definition) is 4. The number of halogens is 3. The first kappa shape index (κ1) is 16.7. The van der Waals surface area contributed by atoms with E-state index in [1.54, 1.807) is 0 Å². The number of carboxylic acids is 1. The third-order valence-corrected chi connectivity index (χ3v) is 2.83. The molecule has 1 aromatic rings. The molecule has 0 spiro atoms. The van der Waals surface area contributed by atoms with Crippen LogP contribution in [0.15, 0.2) is 18.2 Å². The molecule has 0 radical (unpaired) electrons. The first-order valence-corrected chi connectivity index (χ1v) is 5.95. The average Bonchev–Trinajstić information content (AvgIpc) is 2.37. The molecule has 2 N–H and O–H groups in total. The monoisotopic (exact) mass is 306 g/mol. The molecule has 0 bridgehead atoms. The molecule has 0 aliphatic rings. The Kier molecular flexibility index (Phi) is 5.12. The van der Waals surface area contributed by atoms with E-state index in [1.807, 2.05) is 0 Å². The molecule has 0 fully saturated rings. The van der Waals surface area contributed by atoms with E-state index in [1.165, 1.54) is 6.92 Å². The molecular formula is C12H13F3N2O4. The van der Waals surface area contributed by atoms with Gasteiger partial charge in [0.2, 0.25) is 0 Å². The van der Waals surface area contributed by atoms with Crippen LogP contribution in [0.4, 0.5) is 24.5 Å². The molecule has 21 heavy (non-hydrogen) atoms. The normalized spacial score (nSPS) is 12.8. The van der Waals surface area contributed by atoms with Crippen LogP contribution in [-0.2, 0) is 11.0 Å². The molecule has 6 nitrogen and oxygen atoms in total. The minimum Gasteiger partial charge on any atom is -0.481 e. The number of anilines is 1. The molecule has 0 amide bonds. The molecule has 1 atom stereocenters. The van der Waals surface area contributed by atoms with Crippen LogP contribution in [-0.4, -0.2) is 22.5 Å². The van der Waals surface area contributed by atoms with Crippen molar-refractivity contribution in [2.75, 3.05) is 11.9 Å². The zero-order valence-corrected chi connectivity index (χ0v) is 11.0. The second kappa shape index (κ2) is 6.42. The fraction of sp³-hybridized carbons (Fsp3) is 0.417. The summed E-state index contributed by atoms with van der Waals surface area (Å²) in [6.45, 7) is 1.44. The Morgan fingerprint density at radius 1 is 1.48 bits per heavy atom. The van der Waals surface area contributed by atoms with Gasteiger partial charge < -0.3 is 10.4 Å². The van der Waals surface area contributed by atoms with Crippen LogP contribution in [0.5, 0.6) is 0 Å². The lowest BCUT2D eigenvalue weighted by atomic mass is 10.1. The Morgan fingerprint density at radius 2 is 2.10 bits per heavy atom. The maximum Gasteiger partial charge on any atom is 0.418 e. The van der Waals surface area contributed by atoms with Crippen molar-refractivity contribution < 1.29 is 28.0 Å². The van der Waals surface area contributed by atoms with Gasteiger partial charge in [-0.25, -0.2) is 0 Å². The molecular weight excluding hydrogens is 293 g/mol. The zero-order valence-electron chi connectivity index (χ0n) is 11.0. The number of carbonyl (C=O) groups is 1. The quantitative estimate of drug-likeness (QED) is 0.622. The highest BCUT2D eigenvalue weighted by atomic mass is 19.4. The van der Waals surface area contributed by atoms with E-state index in [0.717, 1.165) is 12.1 Å². The number of rotatable bonds is 6. The lowest BCUT2D eigenvalue weighted by Gasteiger charge is -2.15. The van der Waals surface area contributed by atoms with Gasteiger partial charge in [-0.1, -0.05) is 6.92 Å². The van der Waals surface area contributed by atoms with Gasteiger partial charge in [-0.2, -0.15) is 13.2 Å². The van der Waals surface area contributed by atoms with E-state index in [0.29, 0.717) is 6.07 Å². The van der Waals surface area contributed by atoms with Crippen LogP contribution < -0.4 is 5.32 Å². The molecule has 116 valence electrons. The number of nitro benzene ring substituents is 1. The van der Waals surface area contributed by atoms with Crippen molar-refractivity contribution in [2.24, 2.45) is 5.92 Å². The van der Waals surface area contributed by atoms with Crippen LogP contribution in [0.25, 0.3) is 0 Å². The summed E-state index contributed by atoms with van der Waals surface area (Å²) in [4.78, 5) is 20.2. The van der Waals surface area contributed by atoms with Crippen molar-refractivity contribution in [3.05, 3.63) is 33.9 Å². The van der Waals surface area contributed by atoms with E-state index >= 15 is 0 Å². The Bertz CT molecular complexity index is 546. The molecule has 1 aromatic carbocycles. The Morgan fingerprint density at radius 3 is 2.57 bits per heavy atom. The lowest BCUT2D eigenvalue weighted by Crippen LogP contribution is -2.16. The van der Waals surface area contributed by atoms with Crippen LogP contribution in [0.2, 0.25) is 0 Å². The number of alkyl halides is 3. The van der Waals surface area contributed by atoms with E-state index in [2.05, 4.69) is 5.32 Å². The number of nitro groups is 1. The molecule has 0 heterocycles. The third kappa shape index (κ3) is 4.62. The molecule has 0 aliphatic carbocycles. The van der Waals surface area contributed by atoms with E-state index < -0.39 is 34.2 Å². The van der Waals surface area contributed by atoms with Crippen LogP contribution in [0.1, 0.15) is 18.9 Å². The SMILES string of the molecule is CC(CCNc1ccc([N+](=O)[O-])cc1C(F)(F)F)C(=O)O. The van der Waals surface area contributed by atoms with Gasteiger partial charge in [0.1, 0.15) is 0 Å². The maximum absolute atomic E-state index is 12.8. The number of aliphatic carboxylic acids is 1. The topological polar surface area (TPSA) is 92.5 Å². The summed E-state index contributed by atoms with van der Waals surface area (Å²) in [5.41, 5.74) is -2.13. The summed E-state index contributed by atoms with van der Waals surface area (Å²) >= 11 is 0. The molecule has 1 unspecified atom stereocenters. The minimum absolute atomic E-state index is 0.00829. The van der Waals surface area contributed by atoms with Gasteiger partial charge in [0, 0.05) is 24.4 Å². The van der Waals surface area contributed by atoms with Crippen LogP contribution in [0.3, 0.4) is 0 Å². The predicted octanol–water partition coefficient (Wildman–Crippen LogP) is 3.14. The third-order valence-electron chi connectivity index (χ3n) is 2.83. The van der Waals surface area contributed by atoms with Gasteiger partial charge >= 0.3 is 12.1 Å². The fourth-order valence-corrected chi connectivity index (χ4v) is 1.58. The Labute approximate surface area is 117 Å². The molecule has 1 rings (SSSR count). The highest BCUT2D eigenvalue weighted by Crippen LogP contribution is 2.37. The highest BCUT2D eigenvalue weighted by Gasteiger charge is 2.35. The van der Waals surface area contributed by atoms with Crippen LogP contribution >= 0.6 is 0 Å². The molecule has 0 saturated heterocycles. The van der Waals surface area contributed by atoms with Gasteiger partial charge in [-0.05, 0) is 12.5 Å². The second-order valence-electron chi connectivity index (χ2n) is 4.44. The largest absolute Gasteiger partial charge is 0.481 e. The molecule has 0 aromatic heterocycles. The smallest absolute Gasteiger partial charge is 0.418 e. The maximum atomic E-state index is 12.8. The zero-order chi connectivity index (χ0) is 16.2. The number of nitrogens with one attached hydrogen (secondary N) is 1. The lowest BCUT2D eigenvalue weighted by molar-refractivity contribution is -0.385. The summed E-state index contributed by atoms with van der Waals surface area (Å²) in [7, 11) is 0. The first-order chi connectivity index (χ1) is 9.62. The molecule has 0 aliphatic heterocycles. The molecule has 9 heteroatoms. The fourth-order valence-electron chi connectivity index (χ4n) is 1.58. The summed E-state index contributed by atoms with van der Waals surface area (Å²) in [5, 5.41) is 21.7. The average molecular weight is 306 g/mol. The van der Waals surface area contributed by atoms with Crippen molar-refractivity contribution in [3.8, 4) is 0 Å². The standard InChI is InChI=1S/C12H13F3N2O4/c1-7(11(18)19)4-5-16-10-3-2-8(17(20)21)6-9(10)12(13,14)15/h2-3,6-7,16H,4-5H2,1H3,(H,18,19). The van der Waals surface area contributed by atoms with Gasteiger partial charge in [-0.3, -0.25) is 14.9 Å². The Hall–Kier alpha value is -2.32. The van der Waals surface area contributed by atoms with Gasteiger partial charge in [0.15, 0.2) is 0 Å². The van der Waals surface area contributed by atoms with Crippen molar-refractivity contribution in [1.82, 2.24) is 0 Å².